The molecule has 3 heteroatoms. The maximum atomic E-state index is 8.37. The highest BCUT2D eigenvalue weighted by Gasteiger charge is 2.24. The van der Waals surface area contributed by atoms with Crippen LogP contribution in [0.5, 0.6) is 0 Å². The van der Waals surface area contributed by atoms with Crippen molar-refractivity contribution in [1.29, 1.82) is 5.26 Å². The Hall–Kier alpha value is -0.590. The molecule has 0 saturated carbocycles. The SMILES string of the molecule is CCCCC1COC(CCC#N)O1. The first-order valence-electron chi connectivity index (χ1n) is 5.00. The summed E-state index contributed by atoms with van der Waals surface area (Å²) in [6.45, 7) is 2.87. The number of hydrogen-bond acceptors (Lipinski definition) is 3. The summed E-state index contributed by atoms with van der Waals surface area (Å²) in [6.07, 6.45) is 4.84. The van der Waals surface area contributed by atoms with Crippen molar-refractivity contribution in [3.63, 3.8) is 0 Å². The van der Waals surface area contributed by atoms with Gasteiger partial charge in [0.15, 0.2) is 6.29 Å². The topological polar surface area (TPSA) is 42.2 Å². The summed E-state index contributed by atoms with van der Waals surface area (Å²) in [5.41, 5.74) is 0. The average Bonchev–Trinajstić information content (AvgIpc) is 2.59. The molecule has 0 bridgehead atoms. The highest BCUT2D eigenvalue weighted by atomic mass is 16.7. The minimum atomic E-state index is -0.124. The molecule has 13 heavy (non-hydrogen) atoms. The predicted octanol–water partition coefficient (Wildman–Crippen LogP) is 2.22. The van der Waals surface area contributed by atoms with Gasteiger partial charge in [-0.3, -0.25) is 0 Å². The third-order valence-electron chi connectivity index (χ3n) is 2.18. The highest BCUT2D eigenvalue weighted by molar-refractivity contribution is 4.72. The molecule has 1 fully saturated rings. The van der Waals surface area contributed by atoms with E-state index in [0.717, 1.165) is 6.42 Å². The number of nitrogens with zero attached hydrogens (tertiary/aromatic N) is 1. The zero-order chi connectivity index (χ0) is 9.52. The molecule has 1 heterocycles. The first-order valence-corrected chi connectivity index (χ1v) is 5.00. The van der Waals surface area contributed by atoms with E-state index in [-0.39, 0.29) is 12.4 Å². The van der Waals surface area contributed by atoms with Gasteiger partial charge in [-0.25, -0.2) is 0 Å². The van der Waals surface area contributed by atoms with Crippen molar-refractivity contribution in [3.8, 4) is 6.07 Å². The fourth-order valence-electron chi connectivity index (χ4n) is 1.42. The van der Waals surface area contributed by atoms with E-state index in [2.05, 4.69) is 13.0 Å². The summed E-state index contributed by atoms with van der Waals surface area (Å²) in [4.78, 5) is 0. The number of rotatable bonds is 5. The quantitative estimate of drug-likeness (QED) is 0.656. The number of nitriles is 1. The van der Waals surface area contributed by atoms with E-state index in [4.69, 9.17) is 14.7 Å². The molecule has 3 nitrogen and oxygen atoms in total. The third-order valence-corrected chi connectivity index (χ3v) is 2.18. The van der Waals surface area contributed by atoms with E-state index in [1.807, 2.05) is 0 Å². The second-order valence-corrected chi connectivity index (χ2v) is 3.36. The largest absolute Gasteiger partial charge is 0.350 e. The summed E-state index contributed by atoms with van der Waals surface area (Å²) < 4.78 is 11.0. The van der Waals surface area contributed by atoms with Crippen molar-refractivity contribution in [3.05, 3.63) is 0 Å². The van der Waals surface area contributed by atoms with Crippen molar-refractivity contribution in [2.45, 2.75) is 51.4 Å². The molecule has 0 aliphatic carbocycles. The minimum absolute atomic E-state index is 0.124. The normalized spacial score (nSPS) is 27.4. The van der Waals surface area contributed by atoms with E-state index >= 15 is 0 Å². The molecule has 1 aliphatic rings. The monoisotopic (exact) mass is 183 g/mol. The van der Waals surface area contributed by atoms with Crippen molar-refractivity contribution in [2.24, 2.45) is 0 Å². The molecule has 1 rings (SSSR count). The van der Waals surface area contributed by atoms with Gasteiger partial charge in [-0.15, -0.1) is 0 Å². The van der Waals surface area contributed by atoms with E-state index in [0.29, 0.717) is 19.4 Å². The van der Waals surface area contributed by atoms with Gasteiger partial charge in [-0.1, -0.05) is 19.8 Å². The molecule has 0 aromatic carbocycles. The standard InChI is InChI=1S/C10H17NO2/c1-2-3-5-9-8-12-10(13-9)6-4-7-11/h9-10H,2-6,8H2,1H3. The molecule has 0 N–H and O–H groups in total. The molecule has 2 atom stereocenters. The summed E-state index contributed by atoms with van der Waals surface area (Å²) in [7, 11) is 0. The maximum Gasteiger partial charge on any atom is 0.159 e. The lowest BCUT2D eigenvalue weighted by molar-refractivity contribution is -0.0620. The highest BCUT2D eigenvalue weighted by Crippen LogP contribution is 2.19. The van der Waals surface area contributed by atoms with Crippen LogP contribution in [0.2, 0.25) is 0 Å². The Bertz CT molecular complexity index is 176. The second kappa shape index (κ2) is 5.95. The second-order valence-electron chi connectivity index (χ2n) is 3.36. The molecule has 0 radical (unpaired) electrons. The van der Waals surface area contributed by atoms with Crippen LogP contribution in [0.25, 0.3) is 0 Å². The van der Waals surface area contributed by atoms with E-state index in [9.17, 15) is 0 Å². The Balaban J connectivity index is 2.09. The lowest BCUT2D eigenvalue weighted by Gasteiger charge is -2.08. The van der Waals surface area contributed by atoms with Crippen molar-refractivity contribution >= 4 is 0 Å². The van der Waals surface area contributed by atoms with Crippen molar-refractivity contribution < 1.29 is 9.47 Å². The zero-order valence-corrected chi connectivity index (χ0v) is 8.16. The Morgan fingerprint density at radius 2 is 2.31 bits per heavy atom. The molecular weight excluding hydrogens is 166 g/mol. The van der Waals surface area contributed by atoms with Crippen LogP contribution in [0.1, 0.15) is 39.0 Å². The molecule has 1 saturated heterocycles. The molecule has 0 aromatic heterocycles. The van der Waals surface area contributed by atoms with Gasteiger partial charge in [-0.05, 0) is 6.42 Å². The van der Waals surface area contributed by atoms with Gasteiger partial charge in [0.2, 0.25) is 0 Å². The van der Waals surface area contributed by atoms with Gasteiger partial charge >= 0.3 is 0 Å². The predicted molar refractivity (Wildman–Crippen MR) is 49.0 cm³/mol. The van der Waals surface area contributed by atoms with Crippen LogP contribution in [-0.4, -0.2) is 19.0 Å². The Morgan fingerprint density at radius 3 is 3.00 bits per heavy atom. The summed E-state index contributed by atoms with van der Waals surface area (Å²) in [6, 6.07) is 2.09. The first kappa shape index (κ1) is 10.5. The van der Waals surface area contributed by atoms with Crippen LogP contribution >= 0.6 is 0 Å². The van der Waals surface area contributed by atoms with Crippen LogP contribution in [0.3, 0.4) is 0 Å². The lowest BCUT2D eigenvalue weighted by atomic mass is 10.2. The van der Waals surface area contributed by atoms with Gasteiger partial charge in [0, 0.05) is 12.8 Å². The van der Waals surface area contributed by atoms with Crippen LogP contribution in [0, 0.1) is 11.3 Å². The van der Waals surface area contributed by atoms with Gasteiger partial charge in [0.1, 0.15) is 0 Å². The smallest absolute Gasteiger partial charge is 0.159 e. The van der Waals surface area contributed by atoms with Gasteiger partial charge < -0.3 is 9.47 Å². The zero-order valence-electron chi connectivity index (χ0n) is 8.16. The van der Waals surface area contributed by atoms with Gasteiger partial charge in [-0.2, -0.15) is 5.26 Å². The molecule has 1 aliphatic heterocycles. The number of hydrogen-bond donors (Lipinski definition) is 0. The molecule has 2 unspecified atom stereocenters. The van der Waals surface area contributed by atoms with Crippen molar-refractivity contribution in [1.82, 2.24) is 0 Å². The van der Waals surface area contributed by atoms with Crippen LogP contribution in [-0.2, 0) is 9.47 Å². The summed E-state index contributed by atoms with van der Waals surface area (Å²) in [5, 5.41) is 8.37. The Morgan fingerprint density at radius 1 is 1.46 bits per heavy atom. The maximum absolute atomic E-state index is 8.37. The third kappa shape index (κ3) is 3.75. The fourth-order valence-corrected chi connectivity index (χ4v) is 1.42. The van der Waals surface area contributed by atoms with E-state index in [1.54, 1.807) is 0 Å². The molecular formula is C10H17NO2. The fraction of sp³-hybridized carbons (Fsp3) is 0.900. The molecule has 0 aromatic rings. The van der Waals surface area contributed by atoms with E-state index < -0.39 is 0 Å². The Labute approximate surface area is 79.6 Å². The summed E-state index contributed by atoms with van der Waals surface area (Å²) >= 11 is 0. The Kier molecular flexibility index (Phi) is 4.81. The minimum Gasteiger partial charge on any atom is -0.350 e. The summed E-state index contributed by atoms with van der Waals surface area (Å²) in [5.74, 6) is 0. The molecule has 74 valence electrons. The molecule has 0 amide bonds. The van der Waals surface area contributed by atoms with E-state index in [1.165, 1.54) is 12.8 Å². The first-order chi connectivity index (χ1) is 6.36. The average molecular weight is 183 g/mol. The lowest BCUT2D eigenvalue weighted by Crippen LogP contribution is -2.11. The van der Waals surface area contributed by atoms with Crippen LogP contribution in [0.4, 0.5) is 0 Å². The number of ether oxygens (including phenoxy) is 2. The van der Waals surface area contributed by atoms with Crippen molar-refractivity contribution in [2.75, 3.05) is 6.61 Å². The molecule has 0 spiro atoms. The van der Waals surface area contributed by atoms with Gasteiger partial charge in [0.25, 0.3) is 0 Å². The number of unbranched alkanes of at least 4 members (excludes halogenated alkanes) is 1. The van der Waals surface area contributed by atoms with Crippen LogP contribution in [0.15, 0.2) is 0 Å². The van der Waals surface area contributed by atoms with Gasteiger partial charge in [0.05, 0.1) is 18.8 Å². The van der Waals surface area contributed by atoms with Crippen LogP contribution < -0.4 is 0 Å².